The minimum atomic E-state index is -2.61. The van der Waals surface area contributed by atoms with Crippen molar-refractivity contribution in [2.45, 2.75) is 0 Å². The summed E-state index contributed by atoms with van der Waals surface area (Å²) in [4.78, 5) is 8.35. The van der Waals surface area contributed by atoms with Crippen molar-refractivity contribution in [1.29, 1.82) is 5.41 Å². The highest BCUT2D eigenvalue weighted by Gasteiger charge is 1.62. The SMILES string of the molecule is N=C=O.O=S(O)O. The van der Waals surface area contributed by atoms with Gasteiger partial charge >= 0.3 is 0 Å². The molecule has 0 aliphatic carbocycles. The number of nitrogens with one attached hydrogen (secondary N) is 1. The molecule has 42 valence electrons. The van der Waals surface area contributed by atoms with Gasteiger partial charge in [0, 0.05) is 0 Å². The third kappa shape index (κ3) is 214. The molecule has 0 fully saturated rings. The fraction of sp³-hybridized carbons (Fsp3) is 0. The molecule has 0 bridgehead atoms. The first kappa shape index (κ1) is 9.67. The Morgan fingerprint density at radius 3 is 1.57 bits per heavy atom. The van der Waals surface area contributed by atoms with Gasteiger partial charge in [-0.1, -0.05) is 0 Å². The highest BCUT2D eigenvalue weighted by atomic mass is 32.2. The maximum atomic E-state index is 8.67. The Hall–Kier alpha value is -0.550. The average molecular weight is 125 g/mol. The molecular weight excluding hydrogens is 122 g/mol. The number of hydrogen-bond acceptors (Lipinski definition) is 3. The van der Waals surface area contributed by atoms with Crippen LogP contribution in [0.2, 0.25) is 0 Å². The second-order valence-electron chi connectivity index (χ2n) is 0.333. The molecule has 5 nitrogen and oxygen atoms in total. The number of hydrogen-bond donors (Lipinski definition) is 3. The standard InChI is InChI=1S/CHNO.H2O3S/c2-1-3;1-4(2)3/h2H;(H2,1,2,3). The molecule has 0 aromatic carbocycles. The highest BCUT2D eigenvalue weighted by molar-refractivity contribution is 7.73. The minimum Gasteiger partial charge on any atom is -0.284 e. The zero-order chi connectivity index (χ0) is 6.28. The molecule has 7 heavy (non-hydrogen) atoms. The van der Waals surface area contributed by atoms with Crippen LogP contribution in [0.15, 0.2) is 0 Å². The number of rotatable bonds is 0. The van der Waals surface area contributed by atoms with E-state index in [1.807, 2.05) is 0 Å². The first-order chi connectivity index (χ1) is 3.15. The second kappa shape index (κ2) is 9.07. The molecule has 0 spiro atoms. The molecular formula is CH3NO4S. The van der Waals surface area contributed by atoms with Gasteiger partial charge in [0.25, 0.3) is 11.4 Å². The molecule has 0 atom stereocenters. The molecule has 0 radical (unpaired) electrons. The first-order valence-corrected chi connectivity index (χ1v) is 2.05. The number of carbonyl (C=O) groups excluding carboxylic acids is 1. The van der Waals surface area contributed by atoms with Crippen molar-refractivity contribution in [3.05, 3.63) is 0 Å². The van der Waals surface area contributed by atoms with Crippen LogP contribution in [0.4, 0.5) is 0 Å². The van der Waals surface area contributed by atoms with Crippen LogP contribution in [0, 0.1) is 5.41 Å². The molecule has 0 saturated heterocycles. The Balaban J connectivity index is 0. The summed E-state index contributed by atoms with van der Waals surface area (Å²) in [6, 6.07) is 0. The highest BCUT2D eigenvalue weighted by Crippen LogP contribution is 1.44. The van der Waals surface area contributed by atoms with Crippen LogP contribution < -0.4 is 0 Å². The topological polar surface area (TPSA) is 98.5 Å². The maximum absolute atomic E-state index is 8.67. The lowest BCUT2D eigenvalue weighted by molar-refractivity contribution is 0.454. The van der Waals surface area contributed by atoms with Gasteiger partial charge in [-0.25, -0.2) is 10.2 Å². The van der Waals surface area contributed by atoms with Gasteiger partial charge < -0.3 is 0 Å². The molecule has 0 saturated carbocycles. The van der Waals surface area contributed by atoms with E-state index >= 15 is 0 Å². The smallest absolute Gasteiger partial charge is 0.284 e. The maximum Gasteiger partial charge on any atom is 0.299 e. The van der Waals surface area contributed by atoms with E-state index in [2.05, 4.69) is 0 Å². The van der Waals surface area contributed by atoms with E-state index in [4.69, 9.17) is 23.5 Å². The monoisotopic (exact) mass is 125 g/mol. The summed E-state index contributed by atoms with van der Waals surface area (Å²) < 4.78 is 22.8. The molecule has 0 unspecified atom stereocenters. The van der Waals surface area contributed by atoms with E-state index in [1.165, 1.54) is 0 Å². The van der Waals surface area contributed by atoms with Gasteiger partial charge in [0.2, 0.25) is 6.08 Å². The van der Waals surface area contributed by atoms with Crippen LogP contribution >= 0.6 is 0 Å². The molecule has 0 aromatic heterocycles. The van der Waals surface area contributed by atoms with Crippen molar-refractivity contribution in [2.24, 2.45) is 0 Å². The Morgan fingerprint density at radius 2 is 1.57 bits per heavy atom. The van der Waals surface area contributed by atoms with Crippen molar-refractivity contribution in [2.75, 3.05) is 0 Å². The Bertz CT molecular complexity index is 79.7. The Morgan fingerprint density at radius 1 is 1.57 bits per heavy atom. The van der Waals surface area contributed by atoms with Crippen molar-refractivity contribution >= 4 is 17.4 Å². The van der Waals surface area contributed by atoms with E-state index in [9.17, 15) is 0 Å². The quantitative estimate of drug-likeness (QED) is 0.232. The van der Waals surface area contributed by atoms with E-state index in [-0.39, 0.29) is 0 Å². The van der Waals surface area contributed by atoms with E-state index < -0.39 is 11.4 Å². The lowest BCUT2D eigenvalue weighted by atomic mass is 11.7. The first-order valence-electron chi connectivity index (χ1n) is 0.986. The molecule has 3 N–H and O–H groups in total. The van der Waals surface area contributed by atoms with Crippen LogP contribution in [0.3, 0.4) is 0 Å². The van der Waals surface area contributed by atoms with E-state index in [0.717, 1.165) is 6.08 Å². The predicted molar refractivity (Wildman–Crippen MR) is 21.8 cm³/mol. The van der Waals surface area contributed by atoms with Gasteiger partial charge in [0.05, 0.1) is 0 Å². The van der Waals surface area contributed by atoms with Crippen LogP contribution in [-0.4, -0.2) is 19.4 Å². The molecule has 0 rings (SSSR count). The van der Waals surface area contributed by atoms with E-state index in [0.29, 0.717) is 0 Å². The second-order valence-corrected chi connectivity index (χ2v) is 0.794. The van der Waals surface area contributed by atoms with Crippen molar-refractivity contribution in [3.8, 4) is 0 Å². The Labute approximate surface area is 42.0 Å². The van der Waals surface area contributed by atoms with Crippen LogP contribution in [0.1, 0.15) is 0 Å². The minimum absolute atomic E-state index is 0.750. The summed E-state index contributed by atoms with van der Waals surface area (Å²) in [5, 5.41) is 5.40. The van der Waals surface area contributed by atoms with Crippen LogP contribution in [-0.2, 0) is 16.2 Å². The largest absolute Gasteiger partial charge is 0.299 e. The third-order valence-electron chi connectivity index (χ3n) is 0. The molecule has 6 heteroatoms. The molecule has 0 amide bonds. The number of isocyanates is 1. The zero-order valence-corrected chi connectivity index (χ0v) is 3.94. The summed E-state index contributed by atoms with van der Waals surface area (Å²) in [6.07, 6.45) is 0.750. The van der Waals surface area contributed by atoms with Gasteiger partial charge in [-0.3, -0.25) is 9.11 Å². The Kier molecular flexibility index (Phi) is 12.5. The van der Waals surface area contributed by atoms with Gasteiger partial charge in [-0.05, 0) is 0 Å². The van der Waals surface area contributed by atoms with Crippen molar-refractivity contribution < 1.29 is 18.1 Å². The normalized spacial score (nSPS) is 6.14. The van der Waals surface area contributed by atoms with Gasteiger partial charge in [0.15, 0.2) is 0 Å². The van der Waals surface area contributed by atoms with Gasteiger partial charge in [-0.15, -0.1) is 0 Å². The lowest BCUT2D eigenvalue weighted by Crippen LogP contribution is -1.74. The zero-order valence-electron chi connectivity index (χ0n) is 3.12. The van der Waals surface area contributed by atoms with Crippen molar-refractivity contribution in [1.82, 2.24) is 0 Å². The van der Waals surface area contributed by atoms with Crippen LogP contribution in [0.25, 0.3) is 0 Å². The van der Waals surface area contributed by atoms with Crippen molar-refractivity contribution in [3.63, 3.8) is 0 Å². The predicted octanol–water partition coefficient (Wildman–Crippen LogP) is -0.418. The summed E-state index contributed by atoms with van der Waals surface area (Å²) in [6.45, 7) is 0. The fourth-order valence-electron chi connectivity index (χ4n) is 0. The van der Waals surface area contributed by atoms with Gasteiger partial charge in [0.1, 0.15) is 0 Å². The fourth-order valence-corrected chi connectivity index (χ4v) is 0. The van der Waals surface area contributed by atoms with E-state index in [1.54, 1.807) is 0 Å². The molecule has 0 aliphatic rings. The molecule has 0 aromatic rings. The molecule has 0 heterocycles. The molecule has 0 aliphatic heterocycles. The third-order valence-corrected chi connectivity index (χ3v) is 0. The average Bonchev–Trinajstić information content (AvgIpc) is 1.33. The summed E-state index contributed by atoms with van der Waals surface area (Å²) in [7, 11) is 0. The summed E-state index contributed by atoms with van der Waals surface area (Å²) >= 11 is -2.61. The summed E-state index contributed by atoms with van der Waals surface area (Å²) in [5.41, 5.74) is 0. The van der Waals surface area contributed by atoms with Gasteiger partial charge in [-0.2, -0.15) is 4.21 Å². The lowest BCUT2D eigenvalue weighted by Gasteiger charge is -1.59. The van der Waals surface area contributed by atoms with Crippen LogP contribution in [0.5, 0.6) is 0 Å². The summed E-state index contributed by atoms with van der Waals surface area (Å²) in [5.74, 6) is 0.